The van der Waals surface area contributed by atoms with Crippen LogP contribution in [0.15, 0.2) is 46.0 Å². The number of carbonyl (C=O) groups is 1. The smallest absolute Gasteiger partial charge is 0.478 e. The average Bonchev–Trinajstić information content (AvgIpc) is 2.73. The summed E-state index contributed by atoms with van der Waals surface area (Å²) >= 11 is 0. The van der Waals surface area contributed by atoms with Gasteiger partial charge in [0.2, 0.25) is 0 Å². The summed E-state index contributed by atoms with van der Waals surface area (Å²) in [7, 11) is 0. The summed E-state index contributed by atoms with van der Waals surface area (Å²) in [6, 6.07) is 6.96. The molecule has 2 aromatic carbocycles. The maximum absolute atomic E-state index is 13.1. The fourth-order valence-corrected chi connectivity index (χ4v) is 3.72. The maximum Gasteiger partial charge on any atom is 0.573 e. The minimum absolute atomic E-state index is 0.0589. The van der Waals surface area contributed by atoms with Gasteiger partial charge in [0.15, 0.2) is 0 Å². The monoisotopic (exact) mass is 462 g/mol. The summed E-state index contributed by atoms with van der Waals surface area (Å²) in [4.78, 5) is 35.9. The third-order valence-electron chi connectivity index (χ3n) is 5.15. The van der Waals surface area contributed by atoms with E-state index in [1.807, 2.05) is 0 Å². The number of carboxylic acid groups (broad SMARTS) is 1. The van der Waals surface area contributed by atoms with Crippen LogP contribution in [0.25, 0.3) is 28.2 Å². The molecule has 1 N–H and O–H groups in total. The number of benzene rings is 2. The average molecular weight is 462 g/mol. The van der Waals surface area contributed by atoms with Gasteiger partial charge in [-0.05, 0) is 67.8 Å². The highest BCUT2D eigenvalue weighted by Crippen LogP contribution is 2.38. The number of carboxylic acids is 1. The Hall–Kier alpha value is -3.82. The molecule has 0 aliphatic rings. The van der Waals surface area contributed by atoms with Crippen LogP contribution in [-0.2, 0) is 17.9 Å². The molecule has 33 heavy (non-hydrogen) atoms. The van der Waals surface area contributed by atoms with E-state index < -0.39 is 29.2 Å². The van der Waals surface area contributed by atoms with E-state index in [1.165, 1.54) is 27.3 Å². The number of ether oxygens (including phenoxy) is 1. The molecule has 174 valence electrons. The van der Waals surface area contributed by atoms with Crippen molar-refractivity contribution in [3.05, 3.63) is 68.2 Å². The summed E-state index contributed by atoms with van der Waals surface area (Å²) < 4.78 is 46.0. The molecule has 0 saturated heterocycles. The van der Waals surface area contributed by atoms with Crippen molar-refractivity contribution in [2.75, 3.05) is 0 Å². The van der Waals surface area contributed by atoms with E-state index in [4.69, 9.17) is 5.11 Å². The van der Waals surface area contributed by atoms with Crippen molar-refractivity contribution in [2.45, 2.75) is 40.2 Å². The van der Waals surface area contributed by atoms with Crippen molar-refractivity contribution in [2.24, 2.45) is 0 Å². The molecule has 3 rings (SSSR count). The van der Waals surface area contributed by atoms with Gasteiger partial charge in [-0.25, -0.2) is 4.79 Å². The quantitative estimate of drug-likeness (QED) is 0.439. The number of rotatable bonds is 6. The molecule has 7 nitrogen and oxygen atoms in total. The highest BCUT2D eigenvalue weighted by atomic mass is 19.4. The van der Waals surface area contributed by atoms with Crippen LogP contribution < -0.4 is 15.9 Å². The second-order valence-corrected chi connectivity index (χ2v) is 7.23. The lowest BCUT2D eigenvalue weighted by molar-refractivity contribution is -0.274. The minimum atomic E-state index is -4.95. The highest BCUT2D eigenvalue weighted by Gasteiger charge is 2.32. The summed E-state index contributed by atoms with van der Waals surface area (Å²) in [5, 5.41) is 8.87. The lowest BCUT2D eigenvalue weighted by Crippen LogP contribution is -2.41. The van der Waals surface area contributed by atoms with Gasteiger partial charge in [-0.15, -0.1) is 13.2 Å². The summed E-state index contributed by atoms with van der Waals surface area (Å²) in [5.41, 5.74) is 0.732. The Morgan fingerprint density at radius 3 is 2.09 bits per heavy atom. The molecule has 0 aliphatic carbocycles. The molecule has 0 amide bonds. The Bertz CT molecular complexity index is 1380. The zero-order valence-corrected chi connectivity index (χ0v) is 18.1. The van der Waals surface area contributed by atoms with E-state index in [0.717, 1.165) is 12.1 Å². The normalized spacial score (nSPS) is 11.9. The van der Waals surface area contributed by atoms with Crippen LogP contribution in [0.2, 0.25) is 0 Å². The van der Waals surface area contributed by atoms with Crippen molar-refractivity contribution < 1.29 is 27.8 Å². The van der Waals surface area contributed by atoms with Gasteiger partial charge >= 0.3 is 23.5 Å². The van der Waals surface area contributed by atoms with Gasteiger partial charge in [0, 0.05) is 24.7 Å². The van der Waals surface area contributed by atoms with E-state index in [0.29, 0.717) is 27.7 Å². The van der Waals surface area contributed by atoms with Crippen LogP contribution >= 0.6 is 0 Å². The molecule has 0 atom stereocenters. The topological polar surface area (TPSA) is 90.5 Å². The molecule has 0 spiro atoms. The molecule has 10 heteroatoms. The van der Waals surface area contributed by atoms with E-state index in [1.54, 1.807) is 32.9 Å². The largest absolute Gasteiger partial charge is 0.573 e. The first-order valence-corrected chi connectivity index (χ1v) is 10.1. The van der Waals surface area contributed by atoms with Gasteiger partial charge in [0.05, 0.1) is 11.0 Å². The van der Waals surface area contributed by atoms with Gasteiger partial charge in [-0.2, -0.15) is 0 Å². The number of aromatic nitrogens is 2. The Labute approximate surface area is 186 Å². The number of halogens is 3. The van der Waals surface area contributed by atoms with Crippen LogP contribution in [0.5, 0.6) is 5.75 Å². The molecular formula is C23H21F3N2O5. The predicted molar refractivity (Wildman–Crippen MR) is 117 cm³/mol. The minimum Gasteiger partial charge on any atom is -0.478 e. The third-order valence-corrected chi connectivity index (χ3v) is 5.15. The maximum atomic E-state index is 13.1. The predicted octanol–water partition coefficient (Wildman–Crippen LogP) is 4.17. The van der Waals surface area contributed by atoms with Crippen LogP contribution in [0.3, 0.4) is 0 Å². The van der Waals surface area contributed by atoms with Crippen LogP contribution in [-0.4, -0.2) is 26.6 Å². The first-order chi connectivity index (χ1) is 15.5. The number of fused-ring (bicyclic) bond motifs is 1. The first kappa shape index (κ1) is 23.8. The fraction of sp³-hybridized carbons (Fsp3) is 0.261. The van der Waals surface area contributed by atoms with Crippen molar-refractivity contribution in [3.8, 4) is 16.9 Å². The zero-order chi connectivity index (χ0) is 24.5. The Balaban J connectivity index is 2.38. The SMILES string of the molecule is CCn1c(=O)c(=O)n(CC)c2cc(-c3cc(/C=C/C(=O)O)ccc3OC(F)(F)F)c(C)cc21. The Morgan fingerprint density at radius 1 is 1.00 bits per heavy atom. The Kier molecular flexibility index (Phi) is 6.48. The summed E-state index contributed by atoms with van der Waals surface area (Å²) in [6.07, 6.45) is -2.84. The number of hydrogen-bond acceptors (Lipinski definition) is 4. The Morgan fingerprint density at radius 2 is 1.58 bits per heavy atom. The number of aliphatic carboxylic acids is 1. The van der Waals surface area contributed by atoms with E-state index in [-0.39, 0.29) is 18.7 Å². The summed E-state index contributed by atoms with van der Waals surface area (Å²) in [6.45, 7) is 5.49. The van der Waals surface area contributed by atoms with Crippen LogP contribution in [0.1, 0.15) is 25.0 Å². The number of hydrogen-bond donors (Lipinski definition) is 1. The standard InChI is InChI=1S/C23H21F3N2O5/c1-4-27-17-10-13(3)15(12-18(17)28(5-2)22(32)21(27)31)16-11-14(7-9-20(29)30)6-8-19(16)33-23(24,25)26/h6-12H,4-5H2,1-3H3,(H,29,30)/b9-7+. The van der Waals surface area contributed by atoms with Crippen molar-refractivity contribution >= 4 is 23.1 Å². The molecule has 1 aromatic heterocycles. The summed E-state index contributed by atoms with van der Waals surface area (Å²) in [5.74, 6) is -1.69. The number of alkyl halides is 3. The van der Waals surface area contributed by atoms with Gasteiger partial charge in [0.25, 0.3) is 0 Å². The second kappa shape index (κ2) is 8.97. The van der Waals surface area contributed by atoms with E-state index in [9.17, 15) is 27.6 Å². The molecule has 0 unspecified atom stereocenters. The lowest BCUT2D eigenvalue weighted by Gasteiger charge is -2.19. The highest BCUT2D eigenvalue weighted by molar-refractivity contribution is 5.88. The first-order valence-electron chi connectivity index (χ1n) is 10.1. The number of aryl methyl sites for hydroxylation is 3. The van der Waals surface area contributed by atoms with E-state index in [2.05, 4.69) is 4.74 Å². The van der Waals surface area contributed by atoms with Crippen molar-refractivity contribution in [1.29, 1.82) is 0 Å². The zero-order valence-electron chi connectivity index (χ0n) is 18.1. The molecular weight excluding hydrogens is 441 g/mol. The lowest BCUT2D eigenvalue weighted by atomic mass is 9.96. The van der Waals surface area contributed by atoms with Crippen molar-refractivity contribution in [1.82, 2.24) is 9.13 Å². The van der Waals surface area contributed by atoms with Crippen molar-refractivity contribution in [3.63, 3.8) is 0 Å². The molecule has 0 saturated carbocycles. The van der Waals surface area contributed by atoms with Gasteiger partial charge in [-0.1, -0.05) is 6.07 Å². The number of nitrogens with zero attached hydrogens (tertiary/aromatic N) is 2. The van der Waals surface area contributed by atoms with Gasteiger partial charge in [-0.3, -0.25) is 9.59 Å². The van der Waals surface area contributed by atoms with E-state index >= 15 is 0 Å². The molecule has 0 radical (unpaired) electrons. The van der Waals surface area contributed by atoms with Gasteiger partial charge in [0.1, 0.15) is 5.75 Å². The molecule has 0 aliphatic heterocycles. The molecule has 0 fully saturated rings. The van der Waals surface area contributed by atoms with Crippen LogP contribution in [0.4, 0.5) is 13.2 Å². The van der Waals surface area contributed by atoms with Gasteiger partial charge < -0.3 is 19.0 Å². The molecule has 0 bridgehead atoms. The third kappa shape index (κ3) is 4.84. The van der Waals surface area contributed by atoms with Crippen LogP contribution in [0, 0.1) is 6.92 Å². The second-order valence-electron chi connectivity index (χ2n) is 7.23. The molecule has 3 aromatic rings. The fourth-order valence-electron chi connectivity index (χ4n) is 3.72. The molecule has 1 heterocycles.